The van der Waals surface area contributed by atoms with Crippen molar-refractivity contribution in [3.8, 4) is 0 Å². The van der Waals surface area contributed by atoms with Crippen LogP contribution in [0.1, 0.15) is 33.4 Å². The molecule has 6 rings (SSSR count). The Kier molecular flexibility index (Phi) is 7.97. The lowest BCUT2D eigenvalue weighted by molar-refractivity contribution is 1.25. The van der Waals surface area contributed by atoms with Crippen molar-refractivity contribution in [3.05, 3.63) is 217 Å². The smallest absolute Gasteiger partial charge is 0.0540 e. The van der Waals surface area contributed by atoms with Crippen LogP contribution in [0.15, 0.2) is 184 Å². The molecule has 206 valence electrons. The predicted molar refractivity (Wildman–Crippen MR) is 185 cm³/mol. The number of anilines is 3. The second-order valence-corrected chi connectivity index (χ2v) is 10.4. The summed E-state index contributed by atoms with van der Waals surface area (Å²) in [6, 6.07) is 56.6. The molecule has 6 aromatic carbocycles. The van der Waals surface area contributed by atoms with E-state index < -0.39 is 0 Å². The molecule has 0 aliphatic heterocycles. The van der Waals surface area contributed by atoms with Crippen LogP contribution < -0.4 is 4.90 Å². The minimum Gasteiger partial charge on any atom is -0.309 e. The Hall–Kier alpha value is -5.66. The van der Waals surface area contributed by atoms with Gasteiger partial charge in [-0.05, 0) is 51.6 Å². The molecule has 0 radical (unpaired) electrons. The summed E-state index contributed by atoms with van der Waals surface area (Å²) in [6.45, 7) is 13.7. The van der Waals surface area contributed by atoms with Crippen molar-refractivity contribution in [1.82, 2.24) is 0 Å². The zero-order chi connectivity index (χ0) is 29.6. The second kappa shape index (κ2) is 12.5. The van der Waals surface area contributed by atoms with Crippen molar-refractivity contribution in [2.45, 2.75) is 0 Å². The van der Waals surface area contributed by atoms with Gasteiger partial charge in [0.25, 0.3) is 0 Å². The third-order valence-corrected chi connectivity index (χ3v) is 7.78. The van der Waals surface area contributed by atoms with E-state index in [1.54, 1.807) is 0 Å². The number of hydrogen-bond donors (Lipinski definition) is 0. The Bertz CT molecular complexity index is 1670. The molecule has 0 unspecified atom stereocenters. The van der Waals surface area contributed by atoms with Gasteiger partial charge in [0.1, 0.15) is 0 Å². The molecule has 0 amide bonds. The molecule has 0 saturated heterocycles. The number of para-hydroxylation sites is 3. The van der Waals surface area contributed by atoms with Crippen molar-refractivity contribution in [1.29, 1.82) is 0 Å². The van der Waals surface area contributed by atoms with Crippen molar-refractivity contribution >= 4 is 33.8 Å². The summed E-state index contributed by atoms with van der Waals surface area (Å²) in [4.78, 5) is 2.34. The zero-order valence-electron chi connectivity index (χ0n) is 24.2. The van der Waals surface area contributed by atoms with Gasteiger partial charge in [0, 0.05) is 16.7 Å². The molecular formula is C42H33N. The molecule has 0 aliphatic carbocycles. The number of nitrogens with zero attached hydrogens (tertiary/aromatic N) is 1. The third kappa shape index (κ3) is 5.62. The topological polar surface area (TPSA) is 3.24 Å². The molecule has 0 aliphatic rings. The van der Waals surface area contributed by atoms with E-state index in [-0.39, 0.29) is 0 Å². The first-order valence-electron chi connectivity index (χ1n) is 14.4. The SMILES string of the molecule is C=C(c1ccccc1)c1ccccc1N(c1ccccc1C(=C)c1ccccc1)c1ccccc1C(=C)c1ccccc1. The van der Waals surface area contributed by atoms with Crippen LogP contribution in [0.4, 0.5) is 17.1 Å². The highest BCUT2D eigenvalue weighted by Crippen LogP contribution is 2.46. The molecule has 43 heavy (non-hydrogen) atoms. The first-order chi connectivity index (χ1) is 21.1. The Labute approximate surface area is 255 Å². The normalized spacial score (nSPS) is 10.6. The summed E-state index contributed by atoms with van der Waals surface area (Å²) in [5, 5.41) is 0. The molecule has 1 nitrogen and oxygen atoms in total. The number of benzene rings is 6. The summed E-state index contributed by atoms with van der Waals surface area (Å²) in [5.41, 5.74) is 12.3. The summed E-state index contributed by atoms with van der Waals surface area (Å²) >= 11 is 0. The van der Waals surface area contributed by atoms with Gasteiger partial charge in [-0.15, -0.1) is 0 Å². The van der Waals surface area contributed by atoms with Gasteiger partial charge >= 0.3 is 0 Å². The summed E-state index contributed by atoms with van der Waals surface area (Å²) < 4.78 is 0. The van der Waals surface area contributed by atoms with Crippen LogP contribution in [0.2, 0.25) is 0 Å². The maximum absolute atomic E-state index is 4.57. The predicted octanol–water partition coefficient (Wildman–Crippen LogP) is 11.3. The van der Waals surface area contributed by atoms with Crippen LogP contribution in [0, 0.1) is 0 Å². The van der Waals surface area contributed by atoms with Gasteiger partial charge in [0.05, 0.1) is 17.1 Å². The van der Waals surface area contributed by atoms with Crippen LogP contribution >= 0.6 is 0 Å². The molecule has 0 bridgehead atoms. The van der Waals surface area contributed by atoms with Gasteiger partial charge in [-0.2, -0.15) is 0 Å². The van der Waals surface area contributed by atoms with Crippen LogP contribution in [0.5, 0.6) is 0 Å². The largest absolute Gasteiger partial charge is 0.309 e. The highest BCUT2D eigenvalue weighted by Gasteiger charge is 2.24. The zero-order valence-corrected chi connectivity index (χ0v) is 24.2. The van der Waals surface area contributed by atoms with Crippen LogP contribution in [0.3, 0.4) is 0 Å². The maximum Gasteiger partial charge on any atom is 0.0540 e. The van der Waals surface area contributed by atoms with E-state index >= 15 is 0 Å². The molecule has 0 saturated carbocycles. The van der Waals surface area contributed by atoms with Crippen molar-refractivity contribution in [2.24, 2.45) is 0 Å². The van der Waals surface area contributed by atoms with Crippen LogP contribution in [-0.2, 0) is 0 Å². The number of rotatable bonds is 9. The second-order valence-electron chi connectivity index (χ2n) is 10.4. The lowest BCUT2D eigenvalue weighted by atomic mass is 9.92. The standard InChI is InChI=1S/C42H33N/c1-31(34-19-7-4-8-20-34)37-25-13-16-28-40(37)43(41-29-17-14-26-38(41)32(2)35-21-9-5-10-22-35)42-30-18-15-27-39(42)33(3)36-23-11-6-12-24-36/h4-30H,1-3H2. The molecule has 0 heterocycles. The lowest BCUT2D eigenvalue weighted by Crippen LogP contribution is -2.16. The van der Waals surface area contributed by atoms with Crippen molar-refractivity contribution in [2.75, 3.05) is 4.90 Å². The Morgan fingerprint density at radius 1 is 0.302 bits per heavy atom. The van der Waals surface area contributed by atoms with E-state index in [1.807, 2.05) is 18.2 Å². The maximum atomic E-state index is 4.57. The minimum absolute atomic E-state index is 0.958. The Morgan fingerprint density at radius 3 is 0.814 bits per heavy atom. The highest BCUT2D eigenvalue weighted by atomic mass is 15.1. The van der Waals surface area contributed by atoms with Gasteiger partial charge in [-0.25, -0.2) is 0 Å². The first-order valence-corrected chi connectivity index (χ1v) is 14.4. The van der Waals surface area contributed by atoms with E-state index in [9.17, 15) is 0 Å². The summed E-state index contributed by atoms with van der Waals surface area (Å²) in [7, 11) is 0. The van der Waals surface area contributed by atoms with E-state index in [0.717, 1.165) is 67.2 Å². The van der Waals surface area contributed by atoms with Gasteiger partial charge in [-0.3, -0.25) is 0 Å². The molecular weight excluding hydrogens is 518 g/mol. The number of hydrogen-bond acceptors (Lipinski definition) is 1. The molecule has 0 aromatic heterocycles. The highest BCUT2D eigenvalue weighted by molar-refractivity contribution is 5.98. The third-order valence-electron chi connectivity index (χ3n) is 7.78. The Morgan fingerprint density at radius 2 is 0.535 bits per heavy atom. The average molecular weight is 552 g/mol. The molecule has 0 atom stereocenters. The molecule has 0 spiro atoms. The fourth-order valence-electron chi connectivity index (χ4n) is 5.55. The molecule has 1 heteroatoms. The molecule has 6 aromatic rings. The fourth-order valence-corrected chi connectivity index (χ4v) is 5.55. The van der Waals surface area contributed by atoms with E-state index in [2.05, 4.69) is 170 Å². The quantitative estimate of drug-likeness (QED) is 0.173. The van der Waals surface area contributed by atoms with Crippen molar-refractivity contribution in [3.63, 3.8) is 0 Å². The fraction of sp³-hybridized carbons (Fsp3) is 0. The van der Waals surface area contributed by atoms with E-state index in [1.165, 1.54) is 0 Å². The van der Waals surface area contributed by atoms with Gasteiger partial charge in [0.2, 0.25) is 0 Å². The monoisotopic (exact) mass is 551 g/mol. The first kappa shape index (κ1) is 27.5. The van der Waals surface area contributed by atoms with Gasteiger partial charge in [-0.1, -0.05) is 165 Å². The molecule has 0 N–H and O–H groups in total. The average Bonchev–Trinajstić information content (AvgIpc) is 3.09. The summed E-state index contributed by atoms with van der Waals surface area (Å²) in [5.74, 6) is 0. The molecule has 0 fully saturated rings. The van der Waals surface area contributed by atoms with E-state index in [4.69, 9.17) is 0 Å². The Balaban J connectivity index is 1.61. The van der Waals surface area contributed by atoms with Crippen LogP contribution in [-0.4, -0.2) is 0 Å². The lowest BCUT2D eigenvalue weighted by Gasteiger charge is -2.32. The minimum atomic E-state index is 0.958. The van der Waals surface area contributed by atoms with E-state index in [0.29, 0.717) is 0 Å². The summed E-state index contributed by atoms with van der Waals surface area (Å²) in [6.07, 6.45) is 0. The van der Waals surface area contributed by atoms with Crippen LogP contribution in [0.25, 0.3) is 16.7 Å². The van der Waals surface area contributed by atoms with Crippen molar-refractivity contribution < 1.29 is 0 Å². The van der Waals surface area contributed by atoms with Gasteiger partial charge in [0.15, 0.2) is 0 Å². The van der Waals surface area contributed by atoms with Gasteiger partial charge < -0.3 is 4.90 Å².